The smallest absolute Gasteiger partial charge is 0.0162 e. The van der Waals surface area contributed by atoms with Crippen molar-refractivity contribution < 1.29 is 0 Å². The molecule has 0 aromatic heterocycles. The summed E-state index contributed by atoms with van der Waals surface area (Å²) in [6, 6.07) is 0. The summed E-state index contributed by atoms with van der Waals surface area (Å²) in [5.41, 5.74) is 1.38. The summed E-state index contributed by atoms with van der Waals surface area (Å²) in [4.78, 5) is 2.52. The highest BCUT2D eigenvalue weighted by Crippen LogP contribution is 2.21. The van der Waals surface area contributed by atoms with E-state index >= 15 is 0 Å². The lowest BCUT2D eigenvalue weighted by atomic mass is 9.91. The highest BCUT2D eigenvalue weighted by molar-refractivity contribution is 5.04. The highest BCUT2D eigenvalue weighted by atomic mass is 15.1. The van der Waals surface area contributed by atoms with Crippen LogP contribution >= 0.6 is 0 Å². The van der Waals surface area contributed by atoms with Gasteiger partial charge in [-0.25, -0.2) is 0 Å². The van der Waals surface area contributed by atoms with E-state index in [2.05, 4.69) is 23.7 Å². The van der Waals surface area contributed by atoms with E-state index in [0.717, 1.165) is 12.5 Å². The lowest BCUT2D eigenvalue weighted by Gasteiger charge is -2.32. The van der Waals surface area contributed by atoms with Gasteiger partial charge in [0.2, 0.25) is 0 Å². The summed E-state index contributed by atoms with van der Waals surface area (Å²) >= 11 is 0. The average molecular weight is 182 g/mol. The van der Waals surface area contributed by atoms with Crippen molar-refractivity contribution in [3.63, 3.8) is 0 Å². The third-order valence-corrected chi connectivity index (χ3v) is 2.93. The van der Waals surface area contributed by atoms with Crippen molar-refractivity contribution >= 4 is 0 Å². The van der Waals surface area contributed by atoms with E-state index in [9.17, 15) is 0 Å². The van der Waals surface area contributed by atoms with Gasteiger partial charge in [-0.2, -0.15) is 0 Å². The molecule has 0 bridgehead atoms. The van der Waals surface area contributed by atoms with E-state index in [4.69, 9.17) is 0 Å². The lowest BCUT2D eigenvalue weighted by Crippen LogP contribution is -2.37. The summed E-state index contributed by atoms with van der Waals surface area (Å²) in [5.74, 6) is 0.723. The van der Waals surface area contributed by atoms with Gasteiger partial charge in [0, 0.05) is 13.1 Å². The lowest BCUT2D eigenvalue weighted by molar-refractivity contribution is 0.199. The quantitative estimate of drug-likeness (QED) is 0.663. The molecule has 1 atom stereocenters. The molecule has 0 radical (unpaired) electrons. The van der Waals surface area contributed by atoms with Crippen molar-refractivity contribution in [2.45, 2.75) is 19.8 Å². The molecule has 0 saturated carbocycles. The van der Waals surface area contributed by atoms with Gasteiger partial charge < -0.3 is 10.2 Å². The minimum atomic E-state index is 0.723. The Bertz CT molecular complexity index is 165. The van der Waals surface area contributed by atoms with Crippen LogP contribution in [0.15, 0.2) is 12.2 Å². The Hall–Kier alpha value is -0.340. The van der Waals surface area contributed by atoms with E-state index in [1.54, 1.807) is 0 Å². The Balaban J connectivity index is 2.37. The number of piperidine rings is 1. The molecule has 76 valence electrons. The van der Waals surface area contributed by atoms with Crippen LogP contribution in [-0.2, 0) is 0 Å². The molecular formula is C11H22N2. The molecule has 1 aliphatic rings. The third-order valence-electron chi connectivity index (χ3n) is 2.93. The fourth-order valence-electron chi connectivity index (χ4n) is 2.05. The largest absolute Gasteiger partial charge is 0.316 e. The number of hydrogen-bond acceptors (Lipinski definition) is 2. The van der Waals surface area contributed by atoms with Crippen LogP contribution in [0.2, 0.25) is 0 Å². The van der Waals surface area contributed by atoms with Gasteiger partial charge >= 0.3 is 0 Å². The van der Waals surface area contributed by atoms with Crippen LogP contribution in [0.3, 0.4) is 0 Å². The van der Waals surface area contributed by atoms with Crippen molar-refractivity contribution in [1.82, 2.24) is 10.2 Å². The van der Waals surface area contributed by atoms with Crippen LogP contribution in [0.1, 0.15) is 19.8 Å². The second-order valence-corrected chi connectivity index (χ2v) is 3.92. The highest BCUT2D eigenvalue weighted by Gasteiger charge is 2.20. The molecule has 0 spiro atoms. The minimum absolute atomic E-state index is 0.723. The first kappa shape index (κ1) is 10.7. The predicted molar refractivity (Wildman–Crippen MR) is 57.9 cm³/mol. The summed E-state index contributed by atoms with van der Waals surface area (Å²) < 4.78 is 0. The SMILES string of the molecule is C=C(CNC)C1CCCN(CC)C1. The van der Waals surface area contributed by atoms with Gasteiger partial charge in [-0.15, -0.1) is 0 Å². The van der Waals surface area contributed by atoms with Crippen molar-refractivity contribution in [3.05, 3.63) is 12.2 Å². The fourth-order valence-corrected chi connectivity index (χ4v) is 2.05. The number of likely N-dealkylation sites (tertiary alicyclic amines) is 1. The van der Waals surface area contributed by atoms with Gasteiger partial charge in [0.1, 0.15) is 0 Å². The molecule has 1 fully saturated rings. The molecular weight excluding hydrogens is 160 g/mol. The molecule has 0 aromatic rings. The van der Waals surface area contributed by atoms with E-state index in [0.29, 0.717) is 0 Å². The second-order valence-electron chi connectivity index (χ2n) is 3.92. The van der Waals surface area contributed by atoms with Gasteiger partial charge in [-0.3, -0.25) is 0 Å². The van der Waals surface area contributed by atoms with Crippen molar-refractivity contribution in [3.8, 4) is 0 Å². The maximum Gasteiger partial charge on any atom is 0.0162 e. The zero-order valence-electron chi connectivity index (χ0n) is 8.97. The van der Waals surface area contributed by atoms with Crippen LogP contribution < -0.4 is 5.32 Å². The van der Waals surface area contributed by atoms with Crippen molar-refractivity contribution in [2.75, 3.05) is 33.2 Å². The second kappa shape index (κ2) is 5.40. The van der Waals surface area contributed by atoms with E-state index < -0.39 is 0 Å². The fraction of sp³-hybridized carbons (Fsp3) is 0.818. The van der Waals surface area contributed by atoms with Crippen molar-refractivity contribution in [1.29, 1.82) is 0 Å². The normalized spacial score (nSPS) is 24.6. The molecule has 1 unspecified atom stereocenters. The van der Waals surface area contributed by atoms with Gasteiger partial charge in [0.05, 0.1) is 0 Å². The first-order valence-corrected chi connectivity index (χ1v) is 5.32. The molecule has 13 heavy (non-hydrogen) atoms. The average Bonchev–Trinajstić information content (AvgIpc) is 2.18. The number of nitrogens with zero attached hydrogens (tertiary/aromatic N) is 1. The minimum Gasteiger partial charge on any atom is -0.316 e. The summed E-state index contributed by atoms with van der Waals surface area (Å²) in [6.07, 6.45) is 2.66. The van der Waals surface area contributed by atoms with Gasteiger partial charge in [0.25, 0.3) is 0 Å². The molecule has 1 N–H and O–H groups in total. The molecule has 0 aromatic carbocycles. The zero-order valence-corrected chi connectivity index (χ0v) is 8.97. The Labute approximate surface area is 82.0 Å². The van der Waals surface area contributed by atoms with Crippen LogP contribution in [0, 0.1) is 5.92 Å². The van der Waals surface area contributed by atoms with Gasteiger partial charge in [-0.1, -0.05) is 19.1 Å². The molecule has 1 saturated heterocycles. The first-order chi connectivity index (χ1) is 6.27. The van der Waals surface area contributed by atoms with Crippen LogP contribution in [0.25, 0.3) is 0 Å². The topological polar surface area (TPSA) is 15.3 Å². The maximum atomic E-state index is 4.15. The molecule has 1 heterocycles. The number of nitrogens with one attached hydrogen (secondary N) is 1. The number of rotatable bonds is 4. The summed E-state index contributed by atoms with van der Waals surface area (Å²) in [7, 11) is 1.99. The standard InChI is InChI=1S/C11H22N2/c1-4-13-7-5-6-11(9-13)10(2)8-12-3/h11-12H,2,4-9H2,1,3H3. The first-order valence-electron chi connectivity index (χ1n) is 5.32. The van der Waals surface area contributed by atoms with Crippen LogP contribution in [0.4, 0.5) is 0 Å². The predicted octanol–water partition coefficient (Wildman–Crippen LogP) is 1.49. The molecule has 0 amide bonds. The van der Waals surface area contributed by atoms with E-state index in [1.807, 2.05) is 7.05 Å². The van der Waals surface area contributed by atoms with E-state index in [1.165, 1.54) is 38.0 Å². The molecule has 2 heteroatoms. The summed E-state index contributed by atoms with van der Waals surface area (Å²) in [5, 5.41) is 3.18. The Morgan fingerprint density at radius 1 is 1.62 bits per heavy atom. The maximum absolute atomic E-state index is 4.15. The van der Waals surface area contributed by atoms with Crippen molar-refractivity contribution in [2.24, 2.45) is 5.92 Å². The number of hydrogen-bond donors (Lipinski definition) is 1. The van der Waals surface area contributed by atoms with Crippen LogP contribution in [-0.4, -0.2) is 38.1 Å². The van der Waals surface area contributed by atoms with E-state index in [-0.39, 0.29) is 0 Å². The van der Waals surface area contributed by atoms with Gasteiger partial charge in [-0.05, 0) is 38.9 Å². The number of likely N-dealkylation sites (N-methyl/N-ethyl adjacent to an activating group) is 1. The third kappa shape index (κ3) is 3.12. The summed E-state index contributed by atoms with van der Waals surface area (Å²) in [6.45, 7) is 11.0. The monoisotopic (exact) mass is 182 g/mol. The molecule has 1 aliphatic heterocycles. The Kier molecular flexibility index (Phi) is 4.46. The molecule has 0 aliphatic carbocycles. The zero-order chi connectivity index (χ0) is 9.68. The Morgan fingerprint density at radius 3 is 3.00 bits per heavy atom. The molecule has 2 nitrogen and oxygen atoms in total. The van der Waals surface area contributed by atoms with Gasteiger partial charge in [0.15, 0.2) is 0 Å². The van der Waals surface area contributed by atoms with Crippen LogP contribution in [0.5, 0.6) is 0 Å². The molecule has 1 rings (SSSR count). The Morgan fingerprint density at radius 2 is 2.38 bits per heavy atom.